The minimum Gasteiger partial charge on any atom is -0.478 e. The van der Waals surface area contributed by atoms with Crippen LogP contribution in [0, 0.1) is 5.82 Å². The van der Waals surface area contributed by atoms with Crippen LogP contribution in [0.5, 0.6) is 5.75 Å². The maximum atomic E-state index is 13.5. The van der Waals surface area contributed by atoms with Crippen LogP contribution in [0.1, 0.15) is 13.3 Å². The third-order valence-corrected chi connectivity index (χ3v) is 3.97. The quantitative estimate of drug-likeness (QED) is 0.627. The number of ether oxygens (including phenoxy) is 1. The van der Waals surface area contributed by atoms with Crippen molar-refractivity contribution < 1.29 is 23.1 Å². The molecular weight excluding hydrogens is 369 g/mol. The molecule has 0 radical (unpaired) electrons. The van der Waals surface area contributed by atoms with Gasteiger partial charge in [-0.1, -0.05) is 24.3 Å². The number of carbonyl (C=O) groups excluding carboxylic acids is 2. The van der Waals surface area contributed by atoms with Crippen LogP contribution in [0.4, 0.5) is 4.39 Å². The van der Waals surface area contributed by atoms with Crippen molar-refractivity contribution in [2.45, 2.75) is 26.0 Å². The number of nitrogens with zero attached hydrogens (tertiary/aromatic N) is 1. The molecule has 2 amide bonds. The summed E-state index contributed by atoms with van der Waals surface area (Å²) < 4.78 is 25.2. The van der Waals surface area contributed by atoms with Gasteiger partial charge < -0.3 is 9.15 Å². The molecule has 0 aliphatic rings. The van der Waals surface area contributed by atoms with Crippen LogP contribution < -0.4 is 21.3 Å². The molecule has 1 atom stereocenters. The summed E-state index contributed by atoms with van der Waals surface area (Å²) in [5, 5.41) is 0. The Kier molecular flexibility index (Phi) is 5.73. The highest BCUT2D eigenvalue weighted by molar-refractivity contribution is 5.84. The number of nitrogens with one attached hydrogen (secondary N) is 2. The summed E-state index contributed by atoms with van der Waals surface area (Å²) in [6.45, 7) is 1.50. The smallest absolute Gasteiger partial charge is 0.419 e. The van der Waals surface area contributed by atoms with Crippen LogP contribution >= 0.6 is 0 Å². The summed E-state index contributed by atoms with van der Waals surface area (Å²) in [4.78, 5) is 35.8. The van der Waals surface area contributed by atoms with E-state index in [0.717, 1.165) is 0 Å². The average molecular weight is 387 g/mol. The molecule has 2 N–H and O–H groups in total. The third kappa shape index (κ3) is 4.37. The number of amides is 2. The van der Waals surface area contributed by atoms with Gasteiger partial charge in [-0.25, -0.2) is 9.18 Å². The Morgan fingerprint density at radius 1 is 1.14 bits per heavy atom. The number of hydrogen-bond donors (Lipinski definition) is 2. The zero-order valence-corrected chi connectivity index (χ0v) is 15.0. The van der Waals surface area contributed by atoms with Gasteiger partial charge >= 0.3 is 5.76 Å². The number of rotatable bonds is 6. The van der Waals surface area contributed by atoms with Crippen LogP contribution in [0.15, 0.2) is 57.7 Å². The lowest BCUT2D eigenvalue weighted by molar-refractivity contribution is -0.132. The number of hydrogen-bond acceptors (Lipinski definition) is 5. The molecule has 0 aliphatic carbocycles. The minimum absolute atomic E-state index is 0.0632. The zero-order valence-electron chi connectivity index (χ0n) is 15.0. The fourth-order valence-corrected chi connectivity index (χ4v) is 2.52. The fraction of sp³-hybridized carbons (Fsp3) is 0.211. The van der Waals surface area contributed by atoms with Crippen molar-refractivity contribution in [1.29, 1.82) is 0 Å². The van der Waals surface area contributed by atoms with E-state index in [4.69, 9.17) is 9.15 Å². The molecule has 1 aromatic heterocycles. The molecule has 9 heteroatoms. The number of oxazole rings is 1. The van der Waals surface area contributed by atoms with E-state index in [1.165, 1.54) is 29.7 Å². The number of carbonyl (C=O) groups is 2. The normalized spacial score (nSPS) is 11.8. The van der Waals surface area contributed by atoms with Crippen LogP contribution in [-0.4, -0.2) is 22.5 Å². The van der Waals surface area contributed by atoms with E-state index in [9.17, 15) is 18.8 Å². The summed E-state index contributed by atoms with van der Waals surface area (Å²) in [5.41, 5.74) is 5.45. The SMILES string of the molecule is CC(Oc1ccccc1F)C(=O)NNC(=O)CCn1c(=O)oc2ccccc21. The van der Waals surface area contributed by atoms with Gasteiger partial charge in [0.2, 0.25) is 5.91 Å². The molecule has 0 bridgehead atoms. The molecule has 28 heavy (non-hydrogen) atoms. The fourth-order valence-electron chi connectivity index (χ4n) is 2.52. The summed E-state index contributed by atoms with van der Waals surface area (Å²) in [6, 6.07) is 12.5. The Labute approximate surface area is 158 Å². The molecule has 3 rings (SSSR count). The molecule has 0 fully saturated rings. The molecule has 2 aromatic carbocycles. The molecular formula is C19H18FN3O5. The lowest BCUT2D eigenvalue weighted by Crippen LogP contribution is -2.47. The predicted molar refractivity (Wildman–Crippen MR) is 97.9 cm³/mol. The first kappa shape index (κ1) is 19.2. The van der Waals surface area contributed by atoms with Crippen molar-refractivity contribution in [2.24, 2.45) is 0 Å². The van der Waals surface area contributed by atoms with Crippen molar-refractivity contribution in [3.8, 4) is 5.75 Å². The largest absolute Gasteiger partial charge is 0.478 e. The summed E-state index contributed by atoms with van der Waals surface area (Å²) in [6.07, 6.45) is -1.09. The number of aryl methyl sites for hydroxylation is 1. The van der Waals surface area contributed by atoms with Crippen molar-refractivity contribution in [2.75, 3.05) is 0 Å². The Bertz CT molecular complexity index is 1060. The predicted octanol–water partition coefficient (Wildman–Crippen LogP) is 1.74. The van der Waals surface area contributed by atoms with Gasteiger partial charge in [0.05, 0.1) is 5.52 Å². The minimum atomic E-state index is -1.03. The second-order valence-corrected chi connectivity index (χ2v) is 5.97. The first-order valence-electron chi connectivity index (χ1n) is 8.54. The van der Waals surface area contributed by atoms with Gasteiger partial charge in [0.1, 0.15) is 0 Å². The molecule has 1 unspecified atom stereocenters. The van der Waals surface area contributed by atoms with Crippen molar-refractivity contribution in [3.63, 3.8) is 0 Å². The molecule has 0 spiro atoms. The number of fused-ring (bicyclic) bond motifs is 1. The highest BCUT2D eigenvalue weighted by Crippen LogP contribution is 2.17. The van der Waals surface area contributed by atoms with E-state index in [2.05, 4.69) is 10.9 Å². The van der Waals surface area contributed by atoms with E-state index < -0.39 is 29.5 Å². The van der Waals surface area contributed by atoms with Gasteiger partial charge in [-0.05, 0) is 31.2 Å². The average Bonchev–Trinajstić information content (AvgIpc) is 3.01. The van der Waals surface area contributed by atoms with Crippen LogP contribution in [-0.2, 0) is 16.1 Å². The molecule has 0 aliphatic heterocycles. The lowest BCUT2D eigenvalue weighted by Gasteiger charge is -2.15. The van der Waals surface area contributed by atoms with Crippen LogP contribution in [0.3, 0.4) is 0 Å². The topological polar surface area (TPSA) is 103 Å². The Morgan fingerprint density at radius 2 is 1.86 bits per heavy atom. The summed E-state index contributed by atoms with van der Waals surface area (Å²) in [7, 11) is 0. The molecule has 3 aromatic rings. The molecule has 0 saturated carbocycles. The van der Waals surface area contributed by atoms with Gasteiger partial charge in [0.15, 0.2) is 23.3 Å². The summed E-state index contributed by atoms with van der Waals surface area (Å²) >= 11 is 0. The van der Waals surface area contributed by atoms with Crippen molar-refractivity contribution in [1.82, 2.24) is 15.4 Å². The van der Waals surface area contributed by atoms with Crippen molar-refractivity contribution in [3.05, 3.63) is 64.9 Å². The summed E-state index contributed by atoms with van der Waals surface area (Å²) in [5.74, 6) is -2.39. The second kappa shape index (κ2) is 8.38. The van der Waals surface area contributed by atoms with Gasteiger partial charge in [-0.3, -0.25) is 25.0 Å². The lowest BCUT2D eigenvalue weighted by atomic mass is 10.3. The first-order valence-corrected chi connectivity index (χ1v) is 8.54. The van der Waals surface area contributed by atoms with Gasteiger partial charge in [-0.15, -0.1) is 0 Å². The van der Waals surface area contributed by atoms with Crippen LogP contribution in [0.2, 0.25) is 0 Å². The molecule has 146 valence electrons. The van der Waals surface area contributed by atoms with Crippen molar-refractivity contribution >= 4 is 22.9 Å². The van der Waals surface area contributed by atoms with E-state index in [0.29, 0.717) is 11.1 Å². The zero-order chi connectivity index (χ0) is 20.1. The monoisotopic (exact) mass is 387 g/mol. The second-order valence-electron chi connectivity index (χ2n) is 5.97. The number of aromatic nitrogens is 1. The third-order valence-electron chi connectivity index (χ3n) is 3.97. The number of benzene rings is 2. The first-order chi connectivity index (χ1) is 13.5. The highest BCUT2D eigenvalue weighted by atomic mass is 19.1. The number of halogens is 1. The highest BCUT2D eigenvalue weighted by Gasteiger charge is 2.17. The Morgan fingerprint density at radius 3 is 2.64 bits per heavy atom. The van der Waals surface area contributed by atoms with E-state index >= 15 is 0 Å². The molecule has 8 nitrogen and oxygen atoms in total. The maximum absolute atomic E-state index is 13.5. The van der Waals surface area contributed by atoms with E-state index in [1.807, 2.05) is 0 Å². The number of hydrazine groups is 1. The Hall–Kier alpha value is -3.62. The standard InChI is InChI=1S/C19H18FN3O5/c1-12(27-15-8-4-2-6-13(15)20)18(25)22-21-17(24)10-11-23-14-7-3-5-9-16(14)28-19(23)26/h2-9,12H,10-11H2,1H3,(H,21,24)(H,22,25). The molecule has 1 heterocycles. The van der Waals surface area contributed by atoms with E-state index in [1.54, 1.807) is 30.3 Å². The molecule has 0 saturated heterocycles. The maximum Gasteiger partial charge on any atom is 0.419 e. The number of para-hydroxylation sites is 3. The van der Waals surface area contributed by atoms with Gasteiger partial charge in [0, 0.05) is 13.0 Å². The van der Waals surface area contributed by atoms with E-state index in [-0.39, 0.29) is 18.7 Å². The van der Waals surface area contributed by atoms with Crippen LogP contribution in [0.25, 0.3) is 11.1 Å². The Balaban J connectivity index is 1.50. The van der Waals surface area contributed by atoms with Gasteiger partial charge in [0.25, 0.3) is 5.91 Å². The van der Waals surface area contributed by atoms with Gasteiger partial charge in [-0.2, -0.15) is 0 Å².